The lowest BCUT2D eigenvalue weighted by Crippen LogP contribution is -2.26. The second kappa shape index (κ2) is 12.8. The number of aromatic amines is 1. The number of ether oxygens (including phenoxy) is 2. The first kappa shape index (κ1) is 26.8. The van der Waals surface area contributed by atoms with Gasteiger partial charge < -0.3 is 19.8 Å². The van der Waals surface area contributed by atoms with E-state index in [1.807, 2.05) is 73.8 Å². The summed E-state index contributed by atoms with van der Waals surface area (Å²) in [6, 6.07) is 21.7. The SMILES string of the molecule is CCOc1cc(/C=C(/C#N)C(=O)NCCc2c[nH]c3ccccc23)cc(Br)c1OCc1ccc(I)cc1. The summed E-state index contributed by atoms with van der Waals surface area (Å²) in [5, 5.41) is 13.6. The molecule has 6 nitrogen and oxygen atoms in total. The summed E-state index contributed by atoms with van der Waals surface area (Å²) >= 11 is 5.83. The Morgan fingerprint density at radius 3 is 2.70 bits per heavy atom. The van der Waals surface area contributed by atoms with Crippen molar-refractivity contribution in [2.75, 3.05) is 13.2 Å². The number of halogens is 2. The minimum absolute atomic E-state index is 0.0147. The second-order valence-corrected chi connectivity index (χ2v) is 10.3. The quantitative estimate of drug-likeness (QED) is 0.111. The highest BCUT2D eigenvalue weighted by Gasteiger charge is 2.15. The van der Waals surface area contributed by atoms with Crippen molar-refractivity contribution in [3.05, 3.63) is 97.2 Å². The van der Waals surface area contributed by atoms with E-state index in [-0.39, 0.29) is 5.57 Å². The van der Waals surface area contributed by atoms with E-state index in [4.69, 9.17) is 9.47 Å². The molecule has 0 aliphatic heterocycles. The fourth-order valence-corrected chi connectivity index (χ4v) is 4.80. The van der Waals surface area contributed by atoms with E-state index < -0.39 is 5.91 Å². The Kier molecular flexibility index (Phi) is 9.25. The third-order valence-electron chi connectivity index (χ3n) is 5.66. The van der Waals surface area contributed by atoms with Crippen molar-refractivity contribution >= 4 is 61.4 Å². The topological polar surface area (TPSA) is 87.1 Å². The maximum Gasteiger partial charge on any atom is 0.261 e. The second-order valence-electron chi connectivity index (χ2n) is 8.21. The van der Waals surface area contributed by atoms with Crippen molar-refractivity contribution < 1.29 is 14.3 Å². The van der Waals surface area contributed by atoms with Crippen LogP contribution in [0.4, 0.5) is 0 Å². The molecule has 188 valence electrons. The standard InChI is InChI=1S/C29H25BrIN3O3/c1-2-36-27-15-20(14-25(30)28(27)37-18-19-7-9-23(31)10-8-19)13-22(16-32)29(35)33-12-11-21-17-34-26-6-4-3-5-24(21)26/h3-10,13-15,17,34H,2,11-12,18H2,1H3,(H,33,35)/b22-13-. The smallest absolute Gasteiger partial charge is 0.261 e. The van der Waals surface area contributed by atoms with Gasteiger partial charge in [0.1, 0.15) is 18.2 Å². The van der Waals surface area contributed by atoms with E-state index >= 15 is 0 Å². The number of amides is 1. The molecule has 0 fully saturated rings. The minimum atomic E-state index is -0.421. The van der Waals surface area contributed by atoms with Crippen molar-refractivity contribution in [2.45, 2.75) is 20.0 Å². The summed E-state index contributed by atoms with van der Waals surface area (Å²) < 4.78 is 13.7. The summed E-state index contributed by atoms with van der Waals surface area (Å²) in [7, 11) is 0. The molecule has 1 amide bonds. The number of hydrogen-bond acceptors (Lipinski definition) is 4. The molecule has 2 N–H and O–H groups in total. The van der Waals surface area contributed by atoms with Gasteiger partial charge in [-0.25, -0.2) is 0 Å². The zero-order chi connectivity index (χ0) is 26.2. The Balaban J connectivity index is 1.45. The van der Waals surface area contributed by atoms with Crippen molar-refractivity contribution in [1.82, 2.24) is 10.3 Å². The third-order valence-corrected chi connectivity index (χ3v) is 6.97. The molecule has 0 saturated carbocycles. The van der Waals surface area contributed by atoms with Crippen LogP contribution in [0.1, 0.15) is 23.6 Å². The largest absolute Gasteiger partial charge is 0.490 e. The average Bonchev–Trinajstić information content (AvgIpc) is 3.31. The Labute approximate surface area is 237 Å². The summed E-state index contributed by atoms with van der Waals surface area (Å²) in [6.07, 6.45) is 4.16. The van der Waals surface area contributed by atoms with Gasteiger partial charge in [0, 0.05) is 27.2 Å². The van der Waals surface area contributed by atoms with Gasteiger partial charge in [-0.15, -0.1) is 0 Å². The first-order valence-corrected chi connectivity index (χ1v) is 13.6. The van der Waals surface area contributed by atoms with Crippen molar-refractivity contribution in [3.8, 4) is 17.6 Å². The molecular formula is C29H25BrIN3O3. The molecule has 0 aliphatic rings. The van der Waals surface area contributed by atoms with E-state index in [9.17, 15) is 10.1 Å². The number of aromatic nitrogens is 1. The van der Waals surface area contributed by atoms with Crippen LogP contribution in [0.3, 0.4) is 0 Å². The first-order valence-electron chi connectivity index (χ1n) is 11.8. The molecule has 0 saturated heterocycles. The number of rotatable bonds is 10. The number of H-pyrrole nitrogens is 1. The third kappa shape index (κ3) is 6.93. The Morgan fingerprint density at radius 2 is 1.95 bits per heavy atom. The molecule has 0 aliphatic carbocycles. The lowest BCUT2D eigenvalue weighted by Gasteiger charge is -2.15. The zero-order valence-corrected chi connectivity index (χ0v) is 23.9. The lowest BCUT2D eigenvalue weighted by molar-refractivity contribution is -0.117. The number of nitriles is 1. The van der Waals surface area contributed by atoms with Crippen LogP contribution in [0.2, 0.25) is 0 Å². The number of carbonyl (C=O) groups is 1. The van der Waals surface area contributed by atoms with Gasteiger partial charge in [-0.05, 0) is 105 Å². The molecule has 8 heteroatoms. The maximum absolute atomic E-state index is 12.7. The van der Waals surface area contributed by atoms with E-state index in [0.29, 0.717) is 47.7 Å². The van der Waals surface area contributed by atoms with Crippen LogP contribution < -0.4 is 14.8 Å². The van der Waals surface area contributed by atoms with Gasteiger partial charge in [-0.1, -0.05) is 30.3 Å². The van der Waals surface area contributed by atoms with Gasteiger partial charge >= 0.3 is 0 Å². The molecule has 3 aromatic carbocycles. The minimum Gasteiger partial charge on any atom is -0.490 e. The van der Waals surface area contributed by atoms with Gasteiger partial charge in [0.05, 0.1) is 11.1 Å². The number of para-hydroxylation sites is 1. The number of fused-ring (bicyclic) bond motifs is 1. The Hall–Kier alpha value is -3.29. The van der Waals surface area contributed by atoms with E-state index in [1.54, 1.807) is 12.1 Å². The highest BCUT2D eigenvalue weighted by atomic mass is 127. The normalized spacial score (nSPS) is 11.2. The molecule has 0 unspecified atom stereocenters. The molecule has 0 bridgehead atoms. The molecule has 1 heterocycles. The van der Waals surface area contributed by atoms with Gasteiger partial charge in [-0.2, -0.15) is 5.26 Å². The molecule has 0 spiro atoms. The Morgan fingerprint density at radius 1 is 1.16 bits per heavy atom. The van der Waals surface area contributed by atoms with Crippen LogP contribution in [0, 0.1) is 14.9 Å². The number of benzene rings is 3. The number of nitrogens with one attached hydrogen (secondary N) is 2. The molecule has 37 heavy (non-hydrogen) atoms. The predicted octanol–water partition coefficient (Wildman–Crippen LogP) is 6.78. The van der Waals surface area contributed by atoms with E-state index in [0.717, 1.165) is 25.6 Å². The molecular weight excluding hydrogens is 645 g/mol. The highest BCUT2D eigenvalue weighted by Crippen LogP contribution is 2.38. The number of carbonyl (C=O) groups excluding carboxylic acids is 1. The Bertz CT molecular complexity index is 1470. The summed E-state index contributed by atoms with van der Waals surface area (Å²) in [5.41, 5.74) is 3.88. The highest BCUT2D eigenvalue weighted by molar-refractivity contribution is 14.1. The zero-order valence-electron chi connectivity index (χ0n) is 20.2. The van der Waals surface area contributed by atoms with Crippen LogP contribution in [0.5, 0.6) is 11.5 Å². The summed E-state index contributed by atoms with van der Waals surface area (Å²) in [5.74, 6) is 0.681. The van der Waals surface area contributed by atoms with Gasteiger partial charge in [0.2, 0.25) is 0 Å². The van der Waals surface area contributed by atoms with Crippen LogP contribution in [0.15, 0.2) is 76.9 Å². The van der Waals surface area contributed by atoms with Crippen molar-refractivity contribution in [3.63, 3.8) is 0 Å². The van der Waals surface area contributed by atoms with E-state index in [2.05, 4.69) is 48.8 Å². The molecule has 4 rings (SSSR count). The van der Waals surface area contributed by atoms with Crippen molar-refractivity contribution in [2.24, 2.45) is 0 Å². The van der Waals surface area contributed by atoms with E-state index in [1.165, 1.54) is 0 Å². The van der Waals surface area contributed by atoms with Crippen LogP contribution in [-0.2, 0) is 17.8 Å². The predicted molar refractivity (Wildman–Crippen MR) is 157 cm³/mol. The van der Waals surface area contributed by atoms with Crippen LogP contribution >= 0.6 is 38.5 Å². The molecule has 0 radical (unpaired) electrons. The van der Waals surface area contributed by atoms with Crippen LogP contribution in [-0.4, -0.2) is 24.0 Å². The monoisotopic (exact) mass is 669 g/mol. The molecule has 4 aromatic rings. The van der Waals surface area contributed by atoms with Gasteiger partial charge in [0.15, 0.2) is 11.5 Å². The van der Waals surface area contributed by atoms with Crippen molar-refractivity contribution in [1.29, 1.82) is 5.26 Å². The summed E-state index contributed by atoms with van der Waals surface area (Å²) in [6.45, 7) is 3.13. The average molecular weight is 670 g/mol. The maximum atomic E-state index is 12.7. The first-order chi connectivity index (χ1) is 18.0. The fourth-order valence-electron chi connectivity index (χ4n) is 3.87. The molecule has 0 atom stereocenters. The van der Waals surface area contributed by atoms with Crippen LogP contribution in [0.25, 0.3) is 17.0 Å². The van der Waals surface area contributed by atoms with Gasteiger partial charge in [-0.3, -0.25) is 4.79 Å². The number of hydrogen-bond donors (Lipinski definition) is 2. The molecule has 1 aromatic heterocycles. The number of nitrogens with zero attached hydrogens (tertiary/aromatic N) is 1. The summed E-state index contributed by atoms with van der Waals surface area (Å²) in [4.78, 5) is 16.0. The van der Waals surface area contributed by atoms with Gasteiger partial charge in [0.25, 0.3) is 5.91 Å². The fraction of sp³-hybridized carbons (Fsp3) is 0.172. The lowest BCUT2D eigenvalue weighted by atomic mass is 10.1.